The molecule has 1 aromatic heterocycles. The van der Waals surface area contributed by atoms with Gasteiger partial charge in [-0.25, -0.2) is 0 Å². The number of hydrogen-bond acceptors (Lipinski definition) is 5. The van der Waals surface area contributed by atoms with Gasteiger partial charge in [-0.05, 0) is 24.8 Å². The molecular weight excluding hydrogens is 242 g/mol. The van der Waals surface area contributed by atoms with Crippen molar-refractivity contribution in [2.45, 2.75) is 37.3 Å². The lowest BCUT2D eigenvalue weighted by Crippen LogP contribution is -2.14. The van der Waals surface area contributed by atoms with E-state index in [1.54, 1.807) is 0 Å². The van der Waals surface area contributed by atoms with E-state index in [9.17, 15) is 5.11 Å². The van der Waals surface area contributed by atoms with E-state index < -0.39 is 6.10 Å². The van der Waals surface area contributed by atoms with Gasteiger partial charge in [0.25, 0.3) is 0 Å². The van der Waals surface area contributed by atoms with E-state index in [-0.39, 0.29) is 12.0 Å². The van der Waals surface area contributed by atoms with Crippen molar-refractivity contribution in [3.63, 3.8) is 0 Å². The molecule has 0 aliphatic heterocycles. The van der Waals surface area contributed by atoms with Crippen molar-refractivity contribution in [1.82, 2.24) is 10.1 Å². The predicted octanol–water partition coefficient (Wildman–Crippen LogP) is 1.75. The van der Waals surface area contributed by atoms with Gasteiger partial charge in [-0.2, -0.15) is 4.98 Å². The summed E-state index contributed by atoms with van der Waals surface area (Å²) in [5.41, 5.74) is 6.64. The summed E-state index contributed by atoms with van der Waals surface area (Å²) < 4.78 is 5.26. The molecule has 2 aromatic rings. The summed E-state index contributed by atoms with van der Waals surface area (Å²) in [5, 5.41) is 14.1. The molecule has 100 valence electrons. The third kappa shape index (κ3) is 2.52. The molecule has 0 spiro atoms. The molecule has 3 rings (SSSR count). The number of nitrogens with two attached hydrogens (primary N) is 1. The summed E-state index contributed by atoms with van der Waals surface area (Å²) in [6, 6.07) is 9.54. The van der Waals surface area contributed by atoms with Crippen molar-refractivity contribution in [2.75, 3.05) is 0 Å². The van der Waals surface area contributed by atoms with Crippen molar-refractivity contribution >= 4 is 0 Å². The van der Waals surface area contributed by atoms with Crippen LogP contribution in [0, 0.1) is 0 Å². The summed E-state index contributed by atoms with van der Waals surface area (Å²) >= 11 is 0. The molecule has 1 heterocycles. The van der Waals surface area contributed by atoms with E-state index in [2.05, 4.69) is 10.1 Å². The van der Waals surface area contributed by atoms with Crippen LogP contribution in [0.2, 0.25) is 0 Å². The lowest BCUT2D eigenvalue weighted by molar-refractivity contribution is 0.204. The maximum Gasteiger partial charge on any atom is 0.229 e. The molecule has 1 aliphatic rings. The first-order valence-electron chi connectivity index (χ1n) is 6.56. The second-order valence-electron chi connectivity index (χ2n) is 5.07. The van der Waals surface area contributed by atoms with E-state index in [0.29, 0.717) is 11.7 Å². The average molecular weight is 259 g/mol. The van der Waals surface area contributed by atoms with Crippen LogP contribution in [0.4, 0.5) is 0 Å². The highest BCUT2D eigenvalue weighted by atomic mass is 16.5. The van der Waals surface area contributed by atoms with Gasteiger partial charge in [-0.3, -0.25) is 0 Å². The quantitative estimate of drug-likeness (QED) is 0.877. The van der Waals surface area contributed by atoms with Crippen LogP contribution < -0.4 is 5.73 Å². The van der Waals surface area contributed by atoms with Gasteiger partial charge in [0.2, 0.25) is 11.7 Å². The Bertz CT molecular complexity index is 541. The summed E-state index contributed by atoms with van der Waals surface area (Å²) in [6.45, 7) is 0. The third-order valence-corrected chi connectivity index (χ3v) is 3.64. The molecule has 1 saturated carbocycles. The number of nitrogens with zero attached hydrogens (tertiary/aromatic N) is 2. The number of aromatic nitrogens is 2. The third-order valence-electron chi connectivity index (χ3n) is 3.64. The highest BCUT2D eigenvalue weighted by molar-refractivity contribution is 5.22. The van der Waals surface area contributed by atoms with Gasteiger partial charge in [0.05, 0.1) is 0 Å². The van der Waals surface area contributed by atoms with Crippen molar-refractivity contribution in [2.24, 2.45) is 5.73 Å². The van der Waals surface area contributed by atoms with E-state index >= 15 is 0 Å². The Hall–Kier alpha value is -1.72. The molecule has 0 saturated heterocycles. The van der Waals surface area contributed by atoms with Gasteiger partial charge in [0, 0.05) is 12.0 Å². The minimum absolute atomic E-state index is 0.222. The average Bonchev–Trinajstić information content (AvgIpc) is 3.07. The van der Waals surface area contributed by atoms with Crippen molar-refractivity contribution in [1.29, 1.82) is 0 Å². The molecule has 19 heavy (non-hydrogen) atoms. The van der Waals surface area contributed by atoms with Crippen molar-refractivity contribution in [3.8, 4) is 0 Å². The molecule has 5 nitrogen and oxygen atoms in total. The Balaban J connectivity index is 1.78. The zero-order chi connectivity index (χ0) is 13.2. The summed E-state index contributed by atoms with van der Waals surface area (Å²) in [5.74, 6) is 1.15. The number of aliphatic hydroxyl groups is 1. The fourth-order valence-corrected chi connectivity index (χ4v) is 2.55. The standard InChI is InChI=1S/C14H17N3O2/c15-11-7-6-10(8-11)14-16-13(17-19-14)12(18)9-4-2-1-3-5-9/h1-5,10-12,18H,6-8,15H2/t10-,11-,12?/m0/s1. The lowest BCUT2D eigenvalue weighted by atomic mass is 10.1. The molecule has 0 bridgehead atoms. The zero-order valence-corrected chi connectivity index (χ0v) is 10.6. The predicted molar refractivity (Wildman–Crippen MR) is 69.4 cm³/mol. The van der Waals surface area contributed by atoms with Crippen LogP contribution in [0.3, 0.4) is 0 Å². The van der Waals surface area contributed by atoms with E-state index in [4.69, 9.17) is 10.3 Å². The SMILES string of the molecule is N[C@H]1CC[C@H](c2nc(C(O)c3ccccc3)no2)C1. The molecular formula is C14H17N3O2. The Morgan fingerprint density at radius 3 is 2.74 bits per heavy atom. The van der Waals surface area contributed by atoms with E-state index in [1.165, 1.54) is 0 Å². The van der Waals surface area contributed by atoms with Gasteiger partial charge in [0.15, 0.2) is 0 Å². The molecule has 1 aliphatic carbocycles. The number of benzene rings is 1. The van der Waals surface area contributed by atoms with Gasteiger partial charge >= 0.3 is 0 Å². The van der Waals surface area contributed by atoms with Crippen molar-refractivity contribution in [3.05, 3.63) is 47.6 Å². The molecule has 3 N–H and O–H groups in total. The topological polar surface area (TPSA) is 85.2 Å². The largest absolute Gasteiger partial charge is 0.380 e. The number of hydrogen-bond donors (Lipinski definition) is 2. The number of rotatable bonds is 3. The van der Waals surface area contributed by atoms with Crippen LogP contribution in [0.1, 0.15) is 48.6 Å². The second kappa shape index (κ2) is 5.11. The van der Waals surface area contributed by atoms with E-state index in [0.717, 1.165) is 24.8 Å². The zero-order valence-electron chi connectivity index (χ0n) is 10.6. The fraction of sp³-hybridized carbons (Fsp3) is 0.429. The van der Waals surface area contributed by atoms with Crippen LogP contribution in [-0.2, 0) is 0 Å². The van der Waals surface area contributed by atoms with Crippen LogP contribution in [0.15, 0.2) is 34.9 Å². The molecule has 0 radical (unpaired) electrons. The Morgan fingerprint density at radius 1 is 1.26 bits per heavy atom. The molecule has 1 fully saturated rings. The summed E-state index contributed by atoms with van der Waals surface area (Å²) in [7, 11) is 0. The van der Waals surface area contributed by atoms with Crippen LogP contribution in [0.25, 0.3) is 0 Å². The lowest BCUT2D eigenvalue weighted by Gasteiger charge is -2.05. The van der Waals surface area contributed by atoms with Gasteiger partial charge in [-0.1, -0.05) is 35.5 Å². The van der Waals surface area contributed by atoms with Crippen LogP contribution >= 0.6 is 0 Å². The number of aliphatic hydroxyl groups excluding tert-OH is 1. The second-order valence-corrected chi connectivity index (χ2v) is 5.07. The summed E-state index contributed by atoms with van der Waals surface area (Å²) in [6.07, 6.45) is 2.01. The Morgan fingerprint density at radius 2 is 2.05 bits per heavy atom. The molecule has 0 amide bonds. The summed E-state index contributed by atoms with van der Waals surface area (Å²) in [4.78, 5) is 4.32. The monoisotopic (exact) mass is 259 g/mol. The molecule has 1 unspecified atom stereocenters. The molecule has 1 aromatic carbocycles. The first kappa shape index (κ1) is 12.3. The minimum atomic E-state index is -0.839. The highest BCUT2D eigenvalue weighted by Gasteiger charge is 2.29. The maximum absolute atomic E-state index is 10.2. The highest BCUT2D eigenvalue weighted by Crippen LogP contribution is 2.33. The first-order chi connectivity index (χ1) is 9.24. The molecule has 5 heteroatoms. The first-order valence-corrected chi connectivity index (χ1v) is 6.56. The van der Waals surface area contributed by atoms with Gasteiger partial charge in [0.1, 0.15) is 6.10 Å². The smallest absolute Gasteiger partial charge is 0.229 e. The maximum atomic E-state index is 10.2. The van der Waals surface area contributed by atoms with Gasteiger partial charge in [-0.15, -0.1) is 0 Å². The minimum Gasteiger partial charge on any atom is -0.380 e. The Kier molecular flexibility index (Phi) is 3.31. The normalized spacial score (nSPS) is 24.5. The van der Waals surface area contributed by atoms with Crippen LogP contribution in [-0.4, -0.2) is 21.3 Å². The van der Waals surface area contributed by atoms with Gasteiger partial charge < -0.3 is 15.4 Å². The van der Waals surface area contributed by atoms with Crippen molar-refractivity contribution < 1.29 is 9.63 Å². The Labute approximate surface area is 111 Å². The van der Waals surface area contributed by atoms with Crippen LogP contribution in [0.5, 0.6) is 0 Å². The van der Waals surface area contributed by atoms with E-state index in [1.807, 2.05) is 30.3 Å². The molecule has 3 atom stereocenters. The fourth-order valence-electron chi connectivity index (χ4n) is 2.55.